The van der Waals surface area contributed by atoms with E-state index < -0.39 is 10.9 Å². The molecule has 4 fully saturated rings. The van der Waals surface area contributed by atoms with Gasteiger partial charge in [-0.05, 0) is 80.5 Å². The number of carbonyl (C=O) groups is 1. The van der Waals surface area contributed by atoms with Crippen LogP contribution >= 0.6 is 0 Å². The first-order valence-electron chi connectivity index (χ1n) is 10.7. The van der Waals surface area contributed by atoms with E-state index in [0.29, 0.717) is 29.0 Å². The molecular formula is C22H25N5O4. The van der Waals surface area contributed by atoms with Crippen LogP contribution < -0.4 is 10.6 Å². The Morgan fingerprint density at radius 3 is 2.19 bits per heavy atom. The van der Waals surface area contributed by atoms with Crippen LogP contribution in [0.25, 0.3) is 0 Å². The maximum atomic E-state index is 12.0. The van der Waals surface area contributed by atoms with E-state index in [4.69, 9.17) is 4.74 Å². The number of rotatable bonds is 6. The topological polar surface area (TPSA) is 119 Å². The third-order valence-electron chi connectivity index (χ3n) is 7.00. The molecule has 0 amide bonds. The highest BCUT2D eigenvalue weighted by molar-refractivity contribution is 5.89. The van der Waals surface area contributed by atoms with Crippen molar-refractivity contribution in [2.45, 2.75) is 44.1 Å². The summed E-state index contributed by atoms with van der Waals surface area (Å²) in [5, 5.41) is 18.5. The number of methoxy groups -OCH3 is 1. The number of ether oxygens (including phenoxy) is 1. The van der Waals surface area contributed by atoms with E-state index in [-0.39, 0.29) is 22.9 Å². The van der Waals surface area contributed by atoms with Crippen molar-refractivity contribution in [2.24, 2.45) is 17.8 Å². The van der Waals surface area contributed by atoms with Crippen molar-refractivity contribution in [3.05, 3.63) is 46.3 Å². The van der Waals surface area contributed by atoms with Gasteiger partial charge in [-0.15, -0.1) is 0 Å². The van der Waals surface area contributed by atoms with E-state index in [1.807, 2.05) is 0 Å². The highest BCUT2D eigenvalue weighted by Crippen LogP contribution is 2.57. The number of nitrogens with zero attached hydrogens (tertiary/aromatic N) is 3. The van der Waals surface area contributed by atoms with Crippen molar-refractivity contribution in [1.82, 2.24) is 9.97 Å². The monoisotopic (exact) mass is 423 g/mol. The SMILES string of the molecule is COC(=O)c1ccc(Nc2ncnc(NC34CC5CC(CC(C5)C3)C4)c2[N+](=O)[O-])cc1. The molecule has 9 heteroatoms. The summed E-state index contributed by atoms with van der Waals surface area (Å²) in [5.74, 6) is 2.09. The Kier molecular flexibility index (Phi) is 4.75. The van der Waals surface area contributed by atoms with E-state index in [1.54, 1.807) is 24.3 Å². The van der Waals surface area contributed by atoms with Gasteiger partial charge in [0, 0.05) is 11.2 Å². The molecule has 0 atom stereocenters. The van der Waals surface area contributed by atoms with Gasteiger partial charge in [0.1, 0.15) is 6.33 Å². The molecule has 0 unspecified atom stereocenters. The number of aromatic nitrogens is 2. The van der Waals surface area contributed by atoms with Gasteiger partial charge >= 0.3 is 11.7 Å². The Balaban J connectivity index is 1.42. The minimum atomic E-state index is -0.443. The molecule has 0 saturated heterocycles. The molecule has 2 aromatic rings. The maximum absolute atomic E-state index is 12.0. The van der Waals surface area contributed by atoms with Gasteiger partial charge in [-0.25, -0.2) is 14.8 Å². The van der Waals surface area contributed by atoms with Crippen LogP contribution in [0.2, 0.25) is 0 Å². The third-order valence-corrected chi connectivity index (χ3v) is 7.00. The van der Waals surface area contributed by atoms with Crippen molar-refractivity contribution in [2.75, 3.05) is 17.7 Å². The van der Waals surface area contributed by atoms with Gasteiger partial charge in [-0.1, -0.05) is 0 Å². The van der Waals surface area contributed by atoms with E-state index >= 15 is 0 Å². The zero-order valence-electron chi connectivity index (χ0n) is 17.3. The van der Waals surface area contributed by atoms with Crippen LogP contribution in [0, 0.1) is 27.9 Å². The molecule has 2 N–H and O–H groups in total. The lowest BCUT2D eigenvalue weighted by atomic mass is 9.53. The second-order valence-electron chi connectivity index (χ2n) is 9.19. The molecule has 31 heavy (non-hydrogen) atoms. The van der Waals surface area contributed by atoms with Gasteiger partial charge in [-0.3, -0.25) is 10.1 Å². The summed E-state index contributed by atoms with van der Waals surface area (Å²) < 4.78 is 4.70. The number of esters is 1. The number of carbonyl (C=O) groups excluding carboxylic acids is 1. The Bertz CT molecular complexity index is 988. The van der Waals surface area contributed by atoms with Gasteiger partial charge in [0.05, 0.1) is 17.6 Å². The van der Waals surface area contributed by atoms with Crippen LogP contribution in [0.15, 0.2) is 30.6 Å². The second-order valence-corrected chi connectivity index (χ2v) is 9.19. The smallest absolute Gasteiger partial charge is 0.353 e. The Morgan fingerprint density at radius 2 is 1.65 bits per heavy atom. The van der Waals surface area contributed by atoms with Crippen LogP contribution in [0.4, 0.5) is 23.0 Å². The number of benzene rings is 1. The Morgan fingerprint density at radius 1 is 1.06 bits per heavy atom. The van der Waals surface area contributed by atoms with E-state index in [1.165, 1.54) is 32.7 Å². The maximum Gasteiger partial charge on any atom is 0.353 e. The molecule has 0 aliphatic heterocycles. The van der Waals surface area contributed by atoms with Crippen molar-refractivity contribution >= 4 is 29.0 Å². The molecule has 1 heterocycles. The largest absolute Gasteiger partial charge is 0.465 e. The minimum Gasteiger partial charge on any atom is -0.465 e. The summed E-state index contributed by atoms with van der Waals surface area (Å²) >= 11 is 0. The Labute approximate surface area is 179 Å². The highest BCUT2D eigenvalue weighted by atomic mass is 16.6. The normalized spacial score (nSPS) is 28.2. The van der Waals surface area contributed by atoms with Crippen LogP contribution in [0.1, 0.15) is 48.9 Å². The van der Waals surface area contributed by atoms with E-state index in [9.17, 15) is 14.9 Å². The third kappa shape index (κ3) is 3.68. The summed E-state index contributed by atoms with van der Waals surface area (Å²) in [4.78, 5) is 31.6. The predicted octanol–water partition coefficient (Wildman–Crippen LogP) is 4.30. The summed E-state index contributed by atoms with van der Waals surface area (Å²) in [6, 6.07) is 6.50. The molecule has 1 aromatic heterocycles. The standard InChI is InChI=1S/C22H25N5O4/c1-31-21(28)16-2-4-17(5-3-16)25-19-18(27(29)30)20(24-12-23-19)26-22-9-13-6-14(10-22)8-15(7-13)11-22/h2-5,12-15H,6-11H2,1H3,(H2,23,24,25,26). The predicted molar refractivity (Wildman–Crippen MR) is 114 cm³/mol. The summed E-state index contributed by atoms with van der Waals surface area (Å²) in [6.07, 6.45) is 8.39. The molecular weight excluding hydrogens is 398 g/mol. The first kappa shape index (κ1) is 19.7. The van der Waals surface area contributed by atoms with Crippen LogP contribution in [-0.4, -0.2) is 33.5 Å². The fraction of sp³-hybridized carbons (Fsp3) is 0.500. The van der Waals surface area contributed by atoms with Gasteiger partial charge < -0.3 is 15.4 Å². The molecule has 6 rings (SSSR count). The summed E-state index contributed by atoms with van der Waals surface area (Å²) in [7, 11) is 1.32. The quantitative estimate of drug-likeness (QED) is 0.401. The number of anilines is 3. The molecule has 162 valence electrons. The summed E-state index contributed by atoms with van der Waals surface area (Å²) in [6.45, 7) is 0. The number of hydrogen-bond acceptors (Lipinski definition) is 8. The zero-order valence-corrected chi connectivity index (χ0v) is 17.3. The zero-order chi connectivity index (χ0) is 21.6. The lowest BCUT2D eigenvalue weighted by Crippen LogP contribution is -2.55. The molecule has 0 spiro atoms. The van der Waals surface area contributed by atoms with E-state index in [0.717, 1.165) is 19.3 Å². The fourth-order valence-corrected chi connectivity index (χ4v) is 6.19. The van der Waals surface area contributed by atoms with Crippen molar-refractivity contribution in [3.8, 4) is 0 Å². The lowest BCUT2D eigenvalue weighted by molar-refractivity contribution is -0.383. The van der Waals surface area contributed by atoms with Crippen molar-refractivity contribution in [3.63, 3.8) is 0 Å². The summed E-state index contributed by atoms with van der Waals surface area (Å²) in [5.41, 5.74) is 0.715. The van der Waals surface area contributed by atoms with Crippen LogP contribution in [-0.2, 0) is 4.74 Å². The van der Waals surface area contributed by atoms with Crippen molar-refractivity contribution in [1.29, 1.82) is 0 Å². The van der Waals surface area contributed by atoms with Crippen LogP contribution in [0.5, 0.6) is 0 Å². The molecule has 4 aliphatic rings. The minimum absolute atomic E-state index is 0.104. The fourth-order valence-electron chi connectivity index (χ4n) is 6.19. The number of nitrogens with one attached hydrogen (secondary N) is 2. The van der Waals surface area contributed by atoms with Gasteiger partial charge in [-0.2, -0.15) is 0 Å². The Hall–Kier alpha value is -3.23. The molecule has 4 saturated carbocycles. The van der Waals surface area contributed by atoms with E-state index in [2.05, 4.69) is 20.6 Å². The number of nitro groups is 1. The van der Waals surface area contributed by atoms with Crippen molar-refractivity contribution < 1.29 is 14.5 Å². The van der Waals surface area contributed by atoms with Crippen LogP contribution in [0.3, 0.4) is 0 Å². The van der Waals surface area contributed by atoms with Gasteiger partial charge in [0.15, 0.2) is 0 Å². The first-order valence-corrected chi connectivity index (χ1v) is 10.7. The second kappa shape index (κ2) is 7.47. The molecule has 4 bridgehead atoms. The van der Waals surface area contributed by atoms with Gasteiger partial charge in [0.2, 0.25) is 11.6 Å². The average molecular weight is 423 g/mol. The molecule has 1 aromatic carbocycles. The van der Waals surface area contributed by atoms with Gasteiger partial charge in [0.25, 0.3) is 0 Å². The molecule has 4 aliphatic carbocycles. The molecule has 9 nitrogen and oxygen atoms in total. The first-order chi connectivity index (χ1) is 14.9. The average Bonchev–Trinajstić information content (AvgIpc) is 2.72. The molecule has 0 radical (unpaired) electrons. The number of hydrogen-bond donors (Lipinski definition) is 2. The highest BCUT2D eigenvalue weighted by Gasteiger charge is 2.51. The lowest BCUT2D eigenvalue weighted by Gasteiger charge is -2.57.